The number of nitrogens with zero attached hydrogens (tertiary/aromatic N) is 3. The Morgan fingerprint density at radius 1 is 1.22 bits per heavy atom. The molecule has 1 saturated heterocycles. The van der Waals surface area contributed by atoms with Crippen molar-refractivity contribution in [1.82, 2.24) is 15.1 Å². The summed E-state index contributed by atoms with van der Waals surface area (Å²) in [6.45, 7) is 6.59. The van der Waals surface area contributed by atoms with Crippen molar-refractivity contribution in [3.63, 3.8) is 0 Å². The molecule has 1 aliphatic rings. The van der Waals surface area contributed by atoms with Crippen LogP contribution in [0.4, 0.5) is 4.39 Å². The summed E-state index contributed by atoms with van der Waals surface area (Å²) in [6.07, 6.45) is 2.02. The van der Waals surface area contributed by atoms with E-state index in [1.54, 1.807) is 12.1 Å². The van der Waals surface area contributed by atoms with Gasteiger partial charge in [0.05, 0.1) is 6.61 Å². The molecule has 23 heavy (non-hydrogen) atoms. The van der Waals surface area contributed by atoms with Crippen molar-refractivity contribution in [3.8, 4) is 11.5 Å². The molecule has 0 unspecified atom stereocenters. The van der Waals surface area contributed by atoms with Crippen LogP contribution in [0, 0.1) is 5.82 Å². The highest BCUT2D eigenvalue weighted by atomic mass is 19.1. The van der Waals surface area contributed by atoms with Gasteiger partial charge >= 0.3 is 0 Å². The number of likely N-dealkylation sites (tertiary alicyclic amines) is 1. The molecule has 0 spiro atoms. The van der Waals surface area contributed by atoms with E-state index in [4.69, 9.17) is 9.15 Å². The topological polar surface area (TPSA) is 51.4 Å². The van der Waals surface area contributed by atoms with E-state index >= 15 is 0 Å². The molecule has 0 saturated carbocycles. The molecule has 0 aliphatic carbocycles. The van der Waals surface area contributed by atoms with E-state index in [-0.39, 0.29) is 5.82 Å². The number of piperidine rings is 1. The Bertz CT molecular complexity index is 607. The van der Waals surface area contributed by atoms with Crippen LogP contribution in [-0.4, -0.2) is 47.9 Å². The largest absolute Gasteiger partial charge is 0.420 e. The van der Waals surface area contributed by atoms with Crippen molar-refractivity contribution in [2.45, 2.75) is 25.7 Å². The monoisotopic (exact) mass is 319 g/mol. The average Bonchev–Trinajstić information content (AvgIpc) is 3.06. The van der Waals surface area contributed by atoms with Crippen molar-refractivity contribution in [2.75, 3.05) is 32.8 Å². The lowest BCUT2D eigenvalue weighted by Crippen LogP contribution is -2.35. The van der Waals surface area contributed by atoms with Crippen LogP contribution in [0.2, 0.25) is 0 Å². The maximum Gasteiger partial charge on any atom is 0.247 e. The maximum absolute atomic E-state index is 13.0. The lowest BCUT2D eigenvalue weighted by molar-refractivity contribution is 0.100. The third-order valence-electron chi connectivity index (χ3n) is 4.22. The molecule has 124 valence electrons. The second-order valence-corrected chi connectivity index (χ2v) is 5.77. The molecular formula is C17H22FN3O2. The van der Waals surface area contributed by atoms with Gasteiger partial charge in [0.15, 0.2) is 0 Å². The third-order valence-corrected chi connectivity index (χ3v) is 4.22. The minimum absolute atomic E-state index is 0.270. The van der Waals surface area contributed by atoms with Crippen molar-refractivity contribution in [1.29, 1.82) is 0 Å². The summed E-state index contributed by atoms with van der Waals surface area (Å²) < 4.78 is 24.2. The fraction of sp³-hybridized carbons (Fsp3) is 0.529. The fourth-order valence-corrected chi connectivity index (χ4v) is 2.85. The van der Waals surface area contributed by atoms with E-state index in [2.05, 4.69) is 15.1 Å². The molecule has 0 bridgehead atoms. The highest BCUT2D eigenvalue weighted by Crippen LogP contribution is 2.29. The van der Waals surface area contributed by atoms with Gasteiger partial charge in [0.2, 0.25) is 11.8 Å². The van der Waals surface area contributed by atoms with Crippen LogP contribution in [0.15, 0.2) is 28.7 Å². The van der Waals surface area contributed by atoms with E-state index in [0.717, 1.165) is 51.3 Å². The number of hydrogen-bond donors (Lipinski definition) is 0. The van der Waals surface area contributed by atoms with Gasteiger partial charge in [-0.05, 0) is 57.1 Å². The van der Waals surface area contributed by atoms with Gasteiger partial charge in [-0.25, -0.2) is 4.39 Å². The van der Waals surface area contributed by atoms with Gasteiger partial charge in [0, 0.05) is 24.6 Å². The Hall–Kier alpha value is -1.79. The molecule has 0 atom stereocenters. The van der Waals surface area contributed by atoms with E-state index in [0.29, 0.717) is 17.7 Å². The Morgan fingerprint density at radius 3 is 2.65 bits per heavy atom. The summed E-state index contributed by atoms with van der Waals surface area (Å²) in [6, 6.07) is 6.11. The van der Waals surface area contributed by atoms with Gasteiger partial charge in [-0.1, -0.05) is 0 Å². The van der Waals surface area contributed by atoms with Crippen molar-refractivity contribution in [3.05, 3.63) is 36.0 Å². The molecule has 1 aliphatic heterocycles. The predicted octanol–water partition coefficient (Wildman–Crippen LogP) is 3.09. The van der Waals surface area contributed by atoms with Crippen LogP contribution in [0.1, 0.15) is 31.6 Å². The Kier molecular flexibility index (Phi) is 5.35. The maximum atomic E-state index is 13.0. The molecule has 2 heterocycles. The summed E-state index contributed by atoms with van der Waals surface area (Å²) in [4.78, 5) is 2.41. The molecule has 1 aromatic carbocycles. The highest BCUT2D eigenvalue weighted by molar-refractivity contribution is 5.52. The first-order chi connectivity index (χ1) is 11.3. The van der Waals surface area contributed by atoms with Gasteiger partial charge in [0.25, 0.3) is 0 Å². The lowest BCUT2D eigenvalue weighted by atomic mass is 9.97. The van der Waals surface area contributed by atoms with Gasteiger partial charge in [-0.3, -0.25) is 0 Å². The zero-order chi connectivity index (χ0) is 16.1. The van der Waals surface area contributed by atoms with Gasteiger partial charge in [-0.15, -0.1) is 10.2 Å². The summed E-state index contributed by atoms with van der Waals surface area (Å²) in [5.74, 6) is 1.18. The van der Waals surface area contributed by atoms with Gasteiger partial charge < -0.3 is 14.1 Å². The zero-order valence-corrected chi connectivity index (χ0v) is 13.4. The molecule has 1 fully saturated rings. The van der Waals surface area contributed by atoms with Gasteiger partial charge in [0.1, 0.15) is 5.82 Å². The molecule has 0 radical (unpaired) electrons. The number of rotatable bonds is 6. The highest BCUT2D eigenvalue weighted by Gasteiger charge is 2.25. The predicted molar refractivity (Wildman–Crippen MR) is 84.6 cm³/mol. The molecule has 0 amide bonds. The smallest absolute Gasteiger partial charge is 0.247 e. The Balaban J connectivity index is 1.56. The summed E-state index contributed by atoms with van der Waals surface area (Å²) in [5, 5.41) is 8.28. The van der Waals surface area contributed by atoms with E-state index in [1.807, 2.05) is 6.92 Å². The molecular weight excluding hydrogens is 297 g/mol. The van der Waals surface area contributed by atoms with Crippen LogP contribution in [-0.2, 0) is 4.74 Å². The van der Waals surface area contributed by atoms with Crippen LogP contribution in [0.5, 0.6) is 0 Å². The first kappa shape index (κ1) is 16.1. The molecule has 5 nitrogen and oxygen atoms in total. The van der Waals surface area contributed by atoms with E-state index in [1.165, 1.54) is 12.1 Å². The summed E-state index contributed by atoms with van der Waals surface area (Å²) >= 11 is 0. The number of hydrogen-bond acceptors (Lipinski definition) is 5. The number of ether oxygens (including phenoxy) is 1. The summed E-state index contributed by atoms with van der Waals surface area (Å²) in [5.41, 5.74) is 0.749. The van der Waals surface area contributed by atoms with Crippen LogP contribution in [0.3, 0.4) is 0 Å². The van der Waals surface area contributed by atoms with Crippen molar-refractivity contribution in [2.24, 2.45) is 0 Å². The van der Waals surface area contributed by atoms with Gasteiger partial charge in [-0.2, -0.15) is 0 Å². The quantitative estimate of drug-likeness (QED) is 0.766. The molecule has 0 N–H and O–H groups in total. The number of benzene rings is 1. The average molecular weight is 319 g/mol. The fourth-order valence-electron chi connectivity index (χ4n) is 2.85. The second kappa shape index (κ2) is 7.66. The minimum Gasteiger partial charge on any atom is -0.420 e. The molecule has 6 heteroatoms. The first-order valence-electron chi connectivity index (χ1n) is 8.15. The first-order valence-corrected chi connectivity index (χ1v) is 8.15. The third kappa shape index (κ3) is 4.14. The Labute approximate surface area is 135 Å². The van der Waals surface area contributed by atoms with Crippen molar-refractivity contribution >= 4 is 0 Å². The SMILES string of the molecule is CCOCCN1CCC(c2nnc(-c3ccc(F)cc3)o2)CC1. The van der Waals surface area contributed by atoms with E-state index in [9.17, 15) is 4.39 Å². The van der Waals surface area contributed by atoms with E-state index < -0.39 is 0 Å². The molecule has 3 rings (SSSR count). The molecule has 1 aromatic heterocycles. The number of halogens is 1. The second-order valence-electron chi connectivity index (χ2n) is 5.77. The summed E-state index contributed by atoms with van der Waals surface area (Å²) in [7, 11) is 0. The van der Waals surface area contributed by atoms with Crippen LogP contribution >= 0.6 is 0 Å². The number of aromatic nitrogens is 2. The van der Waals surface area contributed by atoms with Crippen LogP contribution in [0.25, 0.3) is 11.5 Å². The molecule has 2 aromatic rings. The van der Waals surface area contributed by atoms with Crippen molar-refractivity contribution < 1.29 is 13.5 Å². The Morgan fingerprint density at radius 2 is 1.96 bits per heavy atom. The minimum atomic E-state index is -0.270. The van der Waals surface area contributed by atoms with Crippen LogP contribution < -0.4 is 0 Å². The normalized spacial score (nSPS) is 16.8. The standard InChI is InChI=1S/C17H22FN3O2/c1-2-22-12-11-21-9-7-14(8-10-21)17-20-19-16(23-17)13-3-5-15(18)6-4-13/h3-6,14H,2,7-12H2,1H3. The zero-order valence-electron chi connectivity index (χ0n) is 13.4. The lowest BCUT2D eigenvalue weighted by Gasteiger charge is -2.30.